The van der Waals surface area contributed by atoms with E-state index in [-0.39, 0.29) is 0 Å². The van der Waals surface area contributed by atoms with Crippen LogP contribution in [0, 0.1) is 23.7 Å². The summed E-state index contributed by atoms with van der Waals surface area (Å²) >= 11 is 0. The van der Waals surface area contributed by atoms with Crippen molar-refractivity contribution in [1.82, 2.24) is 34.3 Å². The van der Waals surface area contributed by atoms with Gasteiger partial charge < -0.3 is 24.3 Å². The van der Waals surface area contributed by atoms with Crippen LogP contribution < -0.4 is 0 Å². The summed E-state index contributed by atoms with van der Waals surface area (Å²) in [5.41, 5.74) is 0. The molecule has 0 atom stereocenters. The van der Waals surface area contributed by atoms with Crippen molar-refractivity contribution in [1.29, 1.82) is 0 Å². The van der Waals surface area contributed by atoms with Gasteiger partial charge in [-0.2, -0.15) is 0 Å². The molecule has 59 heavy (non-hydrogen) atoms. The molecule has 4 fully saturated rings. The van der Waals surface area contributed by atoms with Crippen molar-refractivity contribution < 1.29 is 4.74 Å². The van der Waals surface area contributed by atoms with Gasteiger partial charge in [0.05, 0.1) is 6.10 Å². The Morgan fingerprint density at radius 3 is 1.32 bits per heavy atom. The van der Waals surface area contributed by atoms with Crippen molar-refractivity contribution in [2.75, 3.05) is 112 Å². The first-order valence-electron chi connectivity index (χ1n) is 25.5. The zero-order valence-electron chi connectivity index (χ0n) is 43.9. The number of hydrogen-bond donors (Lipinski definition) is 0. The monoisotopic (exact) mass is 838 g/mol. The van der Waals surface area contributed by atoms with E-state index in [9.17, 15) is 0 Å². The second-order valence-corrected chi connectivity index (χ2v) is 20.9. The van der Waals surface area contributed by atoms with Gasteiger partial charge in [-0.3, -0.25) is 14.7 Å². The fourth-order valence-corrected chi connectivity index (χ4v) is 7.85. The molecule has 356 valence electrons. The van der Waals surface area contributed by atoms with Gasteiger partial charge in [0.2, 0.25) is 0 Å². The number of piperazine rings is 1. The molecule has 0 aromatic carbocycles. The van der Waals surface area contributed by atoms with Crippen molar-refractivity contribution in [3.05, 3.63) is 0 Å². The molecule has 0 radical (unpaired) electrons. The Labute approximate surface area is 372 Å². The molecule has 0 amide bonds. The van der Waals surface area contributed by atoms with Gasteiger partial charge >= 0.3 is 0 Å². The van der Waals surface area contributed by atoms with Gasteiger partial charge in [-0.25, -0.2) is 0 Å². The van der Waals surface area contributed by atoms with Gasteiger partial charge in [0.25, 0.3) is 0 Å². The summed E-state index contributed by atoms with van der Waals surface area (Å²) in [5.74, 6) is 3.30. The highest BCUT2D eigenvalue weighted by atomic mass is 16.5. The topological polar surface area (TPSA) is 31.9 Å². The first-order valence-corrected chi connectivity index (χ1v) is 25.5. The lowest BCUT2D eigenvalue weighted by atomic mass is 10.0. The standard InChI is InChI=1S/2C13H28N2.C12H26N2.C11H23NO.C2H6/c1-12(2)6-5-7-14-8-10-15(11-9-14)13(3)4;1-5-15-10-7-13(8-11-15)14(4)9-6-12(2)3;1-10(2)6-7-13(5)12-8-14(9-12)11(3)4;1-9(2)5-6-13-11-7-12(8-11)10(3)4;1-2/h2*12-13H,5-11H2,1-4H3;10-12H,6-9H2,1-5H3;9-11H,5-8H2,1-4H3;1-2H3. The highest BCUT2D eigenvalue weighted by Gasteiger charge is 2.31. The van der Waals surface area contributed by atoms with Gasteiger partial charge in [0.1, 0.15) is 0 Å². The van der Waals surface area contributed by atoms with Crippen LogP contribution in [0.4, 0.5) is 0 Å². The summed E-state index contributed by atoms with van der Waals surface area (Å²) < 4.78 is 5.73. The van der Waals surface area contributed by atoms with Crippen molar-refractivity contribution in [3.8, 4) is 0 Å². The van der Waals surface area contributed by atoms with E-state index in [1.807, 2.05) is 13.8 Å². The van der Waals surface area contributed by atoms with Crippen LogP contribution in [0.3, 0.4) is 0 Å². The molecule has 8 nitrogen and oxygen atoms in total. The number of rotatable bonds is 20. The van der Waals surface area contributed by atoms with E-state index in [1.54, 1.807) is 0 Å². The summed E-state index contributed by atoms with van der Waals surface area (Å²) in [7, 11) is 4.57. The van der Waals surface area contributed by atoms with Crippen LogP contribution in [0.5, 0.6) is 0 Å². The van der Waals surface area contributed by atoms with E-state index in [1.165, 1.54) is 123 Å². The number of likely N-dealkylation sites (tertiary alicyclic amines) is 3. The van der Waals surface area contributed by atoms with Gasteiger partial charge in [-0.15, -0.1) is 0 Å². The van der Waals surface area contributed by atoms with Gasteiger partial charge in [-0.05, 0) is 164 Å². The Bertz CT molecular complexity index is 910. The minimum atomic E-state index is 0.515. The Morgan fingerprint density at radius 1 is 0.492 bits per heavy atom. The molecule has 0 bridgehead atoms. The van der Waals surface area contributed by atoms with Crippen LogP contribution in [0.25, 0.3) is 0 Å². The third-order valence-corrected chi connectivity index (χ3v) is 13.0. The van der Waals surface area contributed by atoms with Gasteiger partial charge in [0, 0.05) is 89.2 Å². The van der Waals surface area contributed by atoms with Crippen LogP contribution in [0.1, 0.15) is 163 Å². The quantitative estimate of drug-likeness (QED) is 0.120. The first kappa shape index (κ1) is 58.7. The maximum Gasteiger partial charge on any atom is 0.0828 e. The highest BCUT2D eigenvalue weighted by molar-refractivity contribution is 4.88. The third kappa shape index (κ3) is 28.2. The normalized spacial score (nSPS) is 19.5. The first-order chi connectivity index (χ1) is 27.8. The minimum absolute atomic E-state index is 0.515. The van der Waals surface area contributed by atoms with Crippen molar-refractivity contribution in [2.24, 2.45) is 23.7 Å². The lowest BCUT2D eigenvalue weighted by Crippen LogP contribution is -2.60. The van der Waals surface area contributed by atoms with E-state index in [4.69, 9.17) is 4.74 Å². The lowest BCUT2D eigenvalue weighted by molar-refractivity contribution is -0.0686. The number of piperidine rings is 1. The predicted octanol–water partition coefficient (Wildman–Crippen LogP) is 10.1. The van der Waals surface area contributed by atoms with E-state index in [2.05, 4.69) is 152 Å². The van der Waals surface area contributed by atoms with E-state index < -0.39 is 0 Å². The zero-order valence-corrected chi connectivity index (χ0v) is 43.9. The molecule has 0 aliphatic carbocycles. The van der Waals surface area contributed by atoms with E-state index >= 15 is 0 Å². The molecule has 0 aromatic heterocycles. The fourth-order valence-electron chi connectivity index (χ4n) is 7.85. The predicted molar refractivity (Wildman–Crippen MR) is 264 cm³/mol. The SMILES string of the molecule is CC.CC(C)CCCN1CCN(C(C)C)CC1.CC(C)CCN(C)C1CN(C(C)C)C1.CC(C)CCOC1CN(C(C)C)C1.CCN1CCC(N(C)CCC(C)C)CC1. The number of hydrogen-bond acceptors (Lipinski definition) is 8. The second-order valence-electron chi connectivity index (χ2n) is 20.9. The molecule has 4 heterocycles. The molecule has 4 aliphatic rings. The molecule has 0 spiro atoms. The summed E-state index contributed by atoms with van der Waals surface area (Å²) in [6.45, 7) is 56.7. The Kier molecular flexibility index (Phi) is 33.9. The molecule has 4 rings (SSSR count). The van der Waals surface area contributed by atoms with E-state index in [0.29, 0.717) is 12.1 Å². The number of nitrogens with zero attached hydrogens (tertiary/aromatic N) is 7. The van der Waals surface area contributed by atoms with Crippen molar-refractivity contribution in [3.63, 3.8) is 0 Å². The lowest BCUT2D eigenvalue weighted by Gasteiger charge is -2.46. The molecule has 4 aliphatic heterocycles. The smallest absolute Gasteiger partial charge is 0.0828 e. The molecule has 0 saturated carbocycles. The largest absolute Gasteiger partial charge is 0.376 e. The molecular formula is C51H111N7O. The molecular weight excluding hydrogens is 727 g/mol. The number of ether oxygens (including phenoxy) is 1. The van der Waals surface area contributed by atoms with Crippen molar-refractivity contribution in [2.45, 2.75) is 199 Å². The van der Waals surface area contributed by atoms with Crippen LogP contribution in [-0.4, -0.2) is 183 Å². The van der Waals surface area contributed by atoms with Gasteiger partial charge in [-0.1, -0.05) is 76.2 Å². The highest BCUT2D eigenvalue weighted by Crippen LogP contribution is 2.19. The van der Waals surface area contributed by atoms with E-state index in [0.717, 1.165) is 67.5 Å². The maximum absolute atomic E-state index is 5.73. The summed E-state index contributed by atoms with van der Waals surface area (Å²) in [4.78, 5) is 17.9. The average molecular weight is 838 g/mol. The summed E-state index contributed by atoms with van der Waals surface area (Å²) in [6, 6.07) is 3.79. The molecule has 0 aromatic rings. The second kappa shape index (κ2) is 34.1. The average Bonchev–Trinajstić information content (AvgIpc) is 3.14. The van der Waals surface area contributed by atoms with Crippen LogP contribution in [0.2, 0.25) is 0 Å². The fraction of sp³-hybridized carbons (Fsp3) is 1.00. The van der Waals surface area contributed by atoms with Crippen molar-refractivity contribution >= 4 is 0 Å². The maximum atomic E-state index is 5.73. The molecule has 8 heteroatoms. The summed E-state index contributed by atoms with van der Waals surface area (Å²) in [6.07, 6.45) is 9.85. The van der Waals surface area contributed by atoms with Crippen LogP contribution in [0.15, 0.2) is 0 Å². The zero-order chi connectivity index (χ0) is 45.1. The molecule has 0 unspecified atom stereocenters. The summed E-state index contributed by atoms with van der Waals surface area (Å²) in [5, 5.41) is 0. The van der Waals surface area contributed by atoms with Crippen LogP contribution >= 0.6 is 0 Å². The Morgan fingerprint density at radius 2 is 0.915 bits per heavy atom. The molecule has 0 N–H and O–H groups in total. The number of likely N-dealkylation sites (N-methyl/N-ethyl adjacent to an activating group) is 1. The van der Waals surface area contributed by atoms with Crippen LogP contribution in [-0.2, 0) is 4.74 Å². The molecule has 4 saturated heterocycles. The Hall–Kier alpha value is -0.320. The minimum Gasteiger partial charge on any atom is -0.376 e. The Balaban J connectivity index is 0.000000750. The third-order valence-electron chi connectivity index (χ3n) is 13.0. The van der Waals surface area contributed by atoms with Gasteiger partial charge in [0.15, 0.2) is 0 Å².